The van der Waals surface area contributed by atoms with E-state index in [1.807, 2.05) is 6.07 Å². The number of carbonyl (C=O) groups excluding carboxylic acids is 1. The maximum absolute atomic E-state index is 13.0. The molecule has 0 bridgehead atoms. The Morgan fingerprint density at radius 1 is 1.10 bits per heavy atom. The van der Waals surface area contributed by atoms with Crippen LogP contribution >= 0.6 is 0 Å². The van der Waals surface area contributed by atoms with Crippen LogP contribution in [-0.4, -0.2) is 37.0 Å². The van der Waals surface area contributed by atoms with E-state index in [0.29, 0.717) is 5.91 Å². The largest absolute Gasteiger partial charge is 0.342 e. The second kappa shape index (κ2) is 5.96. The van der Waals surface area contributed by atoms with Crippen molar-refractivity contribution in [2.75, 3.05) is 26.2 Å². The summed E-state index contributed by atoms with van der Waals surface area (Å²) in [6.45, 7) is 3.85. The van der Waals surface area contributed by atoms with Gasteiger partial charge in [0.1, 0.15) is 0 Å². The second-order valence-electron chi connectivity index (χ2n) is 6.19. The number of piperidine rings is 1. The van der Waals surface area contributed by atoms with Crippen molar-refractivity contribution in [3.8, 4) is 0 Å². The van der Waals surface area contributed by atoms with Gasteiger partial charge in [0.15, 0.2) is 0 Å². The molecule has 0 aliphatic carbocycles. The minimum atomic E-state index is -0.170. The van der Waals surface area contributed by atoms with Gasteiger partial charge in [0.2, 0.25) is 5.91 Å². The Balaban J connectivity index is 1.82. The molecule has 0 spiro atoms. The molecule has 0 saturated carbocycles. The Labute approximate surface area is 121 Å². The first-order valence-corrected chi connectivity index (χ1v) is 7.84. The van der Waals surface area contributed by atoms with Crippen LogP contribution in [0.25, 0.3) is 0 Å². The molecule has 0 unspecified atom stereocenters. The topological polar surface area (TPSA) is 32.3 Å². The first kappa shape index (κ1) is 13.6. The number of carbonyl (C=O) groups is 1. The van der Waals surface area contributed by atoms with E-state index in [9.17, 15) is 4.79 Å². The number of nitrogens with zero attached hydrogens (tertiary/aromatic N) is 1. The minimum absolute atomic E-state index is 0.170. The zero-order chi connectivity index (χ0) is 13.8. The molecule has 2 heterocycles. The molecule has 0 atom stereocenters. The average Bonchev–Trinajstić information content (AvgIpc) is 3.02. The molecule has 3 heteroatoms. The summed E-state index contributed by atoms with van der Waals surface area (Å²) >= 11 is 0. The summed E-state index contributed by atoms with van der Waals surface area (Å²) < 4.78 is 0. The van der Waals surface area contributed by atoms with Crippen LogP contribution < -0.4 is 5.32 Å². The summed E-state index contributed by atoms with van der Waals surface area (Å²) in [4.78, 5) is 15.1. The fraction of sp³-hybridized carbons (Fsp3) is 0.588. The van der Waals surface area contributed by atoms with Gasteiger partial charge in [-0.1, -0.05) is 30.3 Å². The van der Waals surface area contributed by atoms with Gasteiger partial charge in [0.25, 0.3) is 0 Å². The van der Waals surface area contributed by atoms with Crippen LogP contribution in [0.5, 0.6) is 0 Å². The second-order valence-corrected chi connectivity index (χ2v) is 6.19. The number of benzene rings is 1. The van der Waals surface area contributed by atoms with Crippen molar-refractivity contribution in [3.63, 3.8) is 0 Å². The van der Waals surface area contributed by atoms with Gasteiger partial charge in [-0.3, -0.25) is 4.79 Å². The van der Waals surface area contributed by atoms with Gasteiger partial charge in [-0.25, -0.2) is 0 Å². The average molecular weight is 272 g/mol. The zero-order valence-corrected chi connectivity index (χ0v) is 12.1. The molecule has 0 aromatic heterocycles. The molecular formula is C17H24N2O. The molecule has 2 aliphatic heterocycles. The molecule has 1 aromatic carbocycles. The summed E-state index contributed by atoms with van der Waals surface area (Å²) in [6, 6.07) is 10.5. The minimum Gasteiger partial charge on any atom is -0.342 e. The molecule has 2 fully saturated rings. The molecular weight excluding hydrogens is 248 g/mol. The van der Waals surface area contributed by atoms with Crippen molar-refractivity contribution in [2.24, 2.45) is 5.41 Å². The number of rotatable bonds is 3. The van der Waals surface area contributed by atoms with Crippen LogP contribution in [0.2, 0.25) is 0 Å². The third-order valence-electron chi connectivity index (χ3n) is 4.79. The third-order valence-corrected chi connectivity index (χ3v) is 4.79. The molecule has 2 saturated heterocycles. The molecule has 108 valence electrons. The summed E-state index contributed by atoms with van der Waals surface area (Å²) in [5.74, 6) is 0.403. The van der Waals surface area contributed by atoms with Crippen LogP contribution in [0.4, 0.5) is 0 Å². The highest BCUT2D eigenvalue weighted by Gasteiger charge is 2.42. The highest BCUT2D eigenvalue weighted by Crippen LogP contribution is 2.36. The molecule has 1 aromatic rings. The van der Waals surface area contributed by atoms with E-state index in [2.05, 4.69) is 34.5 Å². The fourth-order valence-corrected chi connectivity index (χ4v) is 3.61. The summed E-state index contributed by atoms with van der Waals surface area (Å²) in [5, 5.41) is 3.40. The SMILES string of the molecule is O=C(N1CCCC1)C1(Cc2ccccc2)CCNCC1. The van der Waals surface area contributed by atoms with Gasteiger partial charge in [-0.05, 0) is 50.8 Å². The maximum atomic E-state index is 13.0. The van der Waals surface area contributed by atoms with Gasteiger partial charge in [0, 0.05) is 13.1 Å². The highest BCUT2D eigenvalue weighted by atomic mass is 16.2. The third kappa shape index (κ3) is 2.73. The smallest absolute Gasteiger partial charge is 0.229 e. The highest BCUT2D eigenvalue weighted by molar-refractivity contribution is 5.83. The predicted octanol–water partition coefficient (Wildman–Crippen LogP) is 2.22. The normalized spacial score (nSPS) is 21.9. The number of hydrogen-bond acceptors (Lipinski definition) is 2. The Bertz CT molecular complexity index is 445. The molecule has 20 heavy (non-hydrogen) atoms. The zero-order valence-electron chi connectivity index (χ0n) is 12.1. The Morgan fingerprint density at radius 3 is 2.40 bits per heavy atom. The molecule has 1 N–H and O–H groups in total. The number of likely N-dealkylation sites (tertiary alicyclic amines) is 1. The molecule has 1 amide bonds. The van der Waals surface area contributed by atoms with Gasteiger partial charge >= 0.3 is 0 Å². The lowest BCUT2D eigenvalue weighted by Gasteiger charge is -2.39. The van der Waals surface area contributed by atoms with E-state index in [1.54, 1.807) is 0 Å². The van der Waals surface area contributed by atoms with Gasteiger partial charge in [-0.15, -0.1) is 0 Å². The van der Waals surface area contributed by atoms with E-state index in [4.69, 9.17) is 0 Å². The number of hydrogen-bond donors (Lipinski definition) is 1. The lowest BCUT2D eigenvalue weighted by Crippen LogP contribution is -2.49. The van der Waals surface area contributed by atoms with Crippen LogP contribution in [0.1, 0.15) is 31.2 Å². The van der Waals surface area contributed by atoms with Crippen molar-refractivity contribution >= 4 is 5.91 Å². The van der Waals surface area contributed by atoms with Crippen molar-refractivity contribution in [1.29, 1.82) is 0 Å². The first-order valence-electron chi connectivity index (χ1n) is 7.84. The number of amides is 1. The van der Waals surface area contributed by atoms with Gasteiger partial charge in [0.05, 0.1) is 5.41 Å². The standard InChI is InChI=1S/C17H24N2O/c20-16(19-12-4-5-13-19)17(8-10-18-11-9-17)14-15-6-2-1-3-7-15/h1-3,6-7,18H,4-5,8-14H2. The van der Waals surface area contributed by atoms with Crippen molar-refractivity contribution in [3.05, 3.63) is 35.9 Å². The lowest BCUT2D eigenvalue weighted by atomic mass is 9.73. The molecule has 3 nitrogen and oxygen atoms in total. The quantitative estimate of drug-likeness (QED) is 0.915. The maximum Gasteiger partial charge on any atom is 0.229 e. The monoisotopic (exact) mass is 272 g/mol. The van der Waals surface area contributed by atoms with E-state index in [1.165, 1.54) is 18.4 Å². The van der Waals surface area contributed by atoms with E-state index in [-0.39, 0.29) is 5.41 Å². The van der Waals surface area contributed by atoms with Crippen LogP contribution in [0, 0.1) is 5.41 Å². The van der Waals surface area contributed by atoms with Crippen LogP contribution in [-0.2, 0) is 11.2 Å². The molecule has 0 radical (unpaired) electrons. The first-order chi connectivity index (χ1) is 9.80. The lowest BCUT2D eigenvalue weighted by molar-refractivity contribution is -0.142. The van der Waals surface area contributed by atoms with Crippen molar-refractivity contribution in [1.82, 2.24) is 10.2 Å². The fourth-order valence-electron chi connectivity index (χ4n) is 3.61. The Morgan fingerprint density at radius 2 is 1.75 bits per heavy atom. The van der Waals surface area contributed by atoms with E-state index in [0.717, 1.165) is 45.4 Å². The van der Waals surface area contributed by atoms with E-state index < -0.39 is 0 Å². The van der Waals surface area contributed by atoms with Crippen molar-refractivity contribution < 1.29 is 4.79 Å². The van der Waals surface area contributed by atoms with Crippen molar-refractivity contribution in [2.45, 2.75) is 32.1 Å². The predicted molar refractivity (Wildman–Crippen MR) is 80.5 cm³/mol. The Hall–Kier alpha value is -1.35. The number of nitrogens with one attached hydrogen (secondary N) is 1. The van der Waals surface area contributed by atoms with E-state index >= 15 is 0 Å². The Kier molecular flexibility index (Phi) is 4.06. The summed E-state index contributed by atoms with van der Waals surface area (Å²) in [6.07, 6.45) is 5.18. The summed E-state index contributed by atoms with van der Waals surface area (Å²) in [5.41, 5.74) is 1.12. The van der Waals surface area contributed by atoms with Crippen LogP contribution in [0.3, 0.4) is 0 Å². The molecule has 2 aliphatic rings. The summed E-state index contributed by atoms with van der Waals surface area (Å²) in [7, 11) is 0. The van der Waals surface area contributed by atoms with Crippen LogP contribution in [0.15, 0.2) is 30.3 Å². The molecule has 3 rings (SSSR count). The van der Waals surface area contributed by atoms with Gasteiger partial charge in [-0.2, -0.15) is 0 Å². The van der Waals surface area contributed by atoms with Gasteiger partial charge < -0.3 is 10.2 Å².